The van der Waals surface area contributed by atoms with Gasteiger partial charge in [0.2, 0.25) is 11.8 Å². The highest BCUT2D eigenvalue weighted by Crippen LogP contribution is 2.30. The Morgan fingerprint density at radius 1 is 0.967 bits per heavy atom. The van der Waals surface area contributed by atoms with Crippen molar-refractivity contribution in [3.8, 4) is 22.6 Å². The summed E-state index contributed by atoms with van der Waals surface area (Å²) in [5.41, 5.74) is 3.60. The van der Waals surface area contributed by atoms with E-state index in [9.17, 15) is 4.79 Å². The molecule has 4 rings (SSSR count). The maximum absolute atomic E-state index is 12.8. The van der Waals surface area contributed by atoms with Crippen LogP contribution in [0, 0.1) is 0 Å². The monoisotopic (exact) mass is 479 g/mol. The summed E-state index contributed by atoms with van der Waals surface area (Å²) in [5.74, 6) is 0.284. The van der Waals surface area contributed by atoms with Gasteiger partial charge in [0.05, 0.1) is 5.25 Å². The molecule has 150 valence electrons. The number of carbonyl (C=O) groups is 1. The van der Waals surface area contributed by atoms with Crippen LogP contribution in [0.5, 0.6) is 0 Å². The number of hydrogen-bond acceptors (Lipinski definition) is 5. The van der Waals surface area contributed by atoms with Crippen LogP contribution in [-0.4, -0.2) is 21.4 Å². The smallest absolute Gasteiger partial charge is 0.277 e. The van der Waals surface area contributed by atoms with Crippen LogP contribution < -0.4 is 5.32 Å². The number of aromatic nitrogens is 2. The minimum absolute atomic E-state index is 0.134. The first-order chi connectivity index (χ1) is 14.6. The van der Waals surface area contributed by atoms with Gasteiger partial charge in [-0.15, -0.1) is 10.2 Å². The second-order valence-corrected chi connectivity index (χ2v) is 8.75. The topological polar surface area (TPSA) is 68.0 Å². The Balaban J connectivity index is 1.46. The number of rotatable bonds is 6. The normalized spacial score (nSPS) is 11.8. The summed E-state index contributed by atoms with van der Waals surface area (Å²) < 4.78 is 6.66. The highest BCUT2D eigenvalue weighted by molar-refractivity contribution is 9.10. The van der Waals surface area contributed by atoms with E-state index in [2.05, 4.69) is 31.4 Å². The lowest BCUT2D eigenvalue weighted by Crippen LogP contribution is -2.22. The molecule has 0 aliphatic rings. The molecule has 1 N–H and O–H groups in total. The summed E-state index contributed by atoms with van der Waals surface area (Å²) in [6.07, 6.45) is 0. The number of anilines is 1. The van der Waals surface area contributed by atoms with Crippen molar-refractivity contribution >= 4 is 39.3 Å². The van der Waals surface area contributed by atoms with E-state index in [1.54, 1.807) is 0 Å². The molecule has 0 saturated carbocycles. The predicted molar refractivity (Wildman–Crippen MR) is 123 cm³/mol. The number of thioether (sulfide) groups is 1. The lowest BCUT2D eigenvalue weighted by Gasteiger charge is -2.14. The quantitative estimate of drug-likeness (QED) is 0.329. The molecule has 0 fully saturated rings. The number of amides is 1. The zero-order valence-corrected chi connectivity index (χ0v) is 18.5. The zero-order valence-electron chi connectivity index (χ0n) is 16.1. The van der Waals surface area contributed by atoms with Gasteiger partial charge in [-0.2, -0.15) is 0 Å². The highest BCUT2D eigenvalue weighted by atomic mass is 79.9. The summed E-state index contributed by atoms with van der Waals surface area (Å²) >= 11 is 4.66. The summed E-state index contributed by atoms with van der Waals surface area (Å²) in [7, 11) is 0. The van der Waals surface area contributed by atoms with Crippen molar-refractivity contribution in [1.29, 1.82) is 0 Å². The van der Waals surface area contributed by atoms with Gasteiger partial charge in [-0.3, -0.25) is 4.79 Å². The minimum atomic E-state index is -0.412. The van der Waals surface area contributed by atoms with E-state index in [1.807, 2.05) is 85.8 Å². The molecule has 5 nitrogen and oxygen atoms in total. The standard InChI is InChI=1S/C23H18BrN3O2S/c1-15(30-23-27-26-22(29-23)17-10-7-11-18(24)14-17)21(28)25-20-13-6-5-12-19(20)16-8-3-2-4-9-16/h2-15H,1H3,(H,25,28)/t15-/m1/s1. The SMILES string of the molecule is C[C@@H](Sc1nnc(-c2cccc(Br)c2)o1)C(=O)Nc1ccccc1-c1ccccc1. The number of para-hydroxylation sites is 1. The molecular weight excluding hydrogens is 462 g/mol. The van der Waals surface area contributed by atoms with Gasteiger partial charge in [-0.1, -0.05) is 82.3 Å². The number of halogens is 1. The van der Waals surface area contributed by atoms with E-state index in [-0.39, 0.29) is 5.91 Å². The summed E-state index contributed by atoms with van der Waals surface area (Å²) in [6, 6.07) is 25.3. The molecule has 0 aliphatic carbocycles. The Labute approximate surface area is 187 Å². The molecule has 1 amide bonds. The molecule has 0 bridgehead atoms. The first-order valence-electron chi connectivity index (χ1n) is 9.31. The van der Waals surface area contributed by atoms with Crippen LogP contribution in [0.4, 0.5) is 5.69 Å². The minimum Gasteiger partial charge on any atom is -0.411 e. The Hall–Kier alpha value is -2.90. The van der Waals surface area contributed by atoms with E-state index < -0.39 is 5.25 Å². The van der Waals surface area contributed by atoms with Gasteiger partial charge >= 0.3 is 0 Å². The maximum atomic E-state index is 12.8. The molecule has 1 heterocycles. The van der Waals surface area contributed by atoms with Crippen molar-refractivity contribution in [3.05, 3.63) is 83.3 Å². The summed E-state index contributed by atoms with van der Waals surface area (Å²) in [6.45, 7) is 1.81. The van der Waals surface area contributed by atoms with Gasteiger partial charge in [-0.25, -0.2) is 0 Å². The van der Waals surface area contributed by atoms with Crippen molar-refractivity contribution in [2.75, 3.05) is 5.32 Å². The molecule has 0 radical (unpaired) electrons. The largest absolute Gasteiger partial charge is 0.411 e. The van der Waals surface area contributed by atoms with Gasteiger partial charge < -0.3 is 9.73 Å². The zero-order chi connectivity index (χ0) is 20.9. The van der Waals surface area contributed by atoms with Crippen LogP contribution in [0.25, 0.3) is 22.6 Å². The third kappa shape index (κ3) is 4.80. The van der Waals surface area contributed by atoms with Crippen LogP contribution in [-0.2, 0) is 4.79 Å². The van der Waals surface area contributed by atoms with E-state index in [0.29, 0.717) is 11.1 Å². The fourth-order valence-corrected chi connectivity index (χ4v) is 3.98. The molecule has 0 saturated heterocycles. The first-order valence-corrected chi connectivity index (χ1v) is 11.0. The molecule has 0 spiro atoms. The van der Waals surface area contributed by atoms with Crippen LogP contribution in [0.1, 0.15) is 6.92 Å². The predicted octanol–water partition coefficient (Wildman–Crippen LogP) is 6.29. The summed E-state index contributed by atoms with van der Waals surface area (Å²) in [4.78, 5) is 12.8. The Morgan fingerprint density at radius 3 is 2.50 bits per heavy atom. The van der Waals surface area contributed by atoms with Gasteiger partial charge in [-0.05, 0) is 36.8 Å². The van der Waals surface area contributed by atoms with Gasteiger partial charge in [0, 0.05) is 21.3 Å². The maximum Gasteiger partial charge on any atom is 0.277 e. The molecular formula is C23H18BrN3O2S. The van der Waals surface area contributed by atoms with E-state index in [0.717, 1.165) is 26.9 Å². The first kappa shape index (κ1) is 20.4. The van der Waals surface area contributed by atoms with Crippen LogP contribution in [0.3, 0.4) is 0 Å². The molecule has 4 aromatic rings. The molecule has 0 unspecified atom stereocenters. The molecule has 30 heavy (non-hydrogen) atoms. The average Bonchev–Trinajstić information content (AvgIpc) is 3.23. The lowest BCUT2D eigenvalue weighted by atomic mass is 10.0. The average molecular weight is 480 g/mol. The Morgan fingerprint density at radius 2 is 1.70 bits per heavy atom. The number of nitrogens with zero attached hydrogens (tertiary/aromatic N) is 2. The van der Waals surface area contributed by atoms with Crippen molar-refractivity contribution < 1.29 is 9.21 Å². The highest BCUT2D eigenvalue weighted by Gasteiger charge is 2.20. The fraction of sp³-hybridized carbons (Fsp3) is 0.0870. The van der Waals surface area contributed by atoms with Crippen molar-refractivity contribution in [1.82, 2.24) is 10.2 Å². The molecule has 1 atom stereocenters. The van der Waals surface area contributed by atoms with Gasteiger partial charge in [0.1, 0.15) is 0 Å². The van der Waals surface area contributed by atoms with E-state index in [1.165, 1.54) is 11.8 Å². The third-order valence-corrected chi connectivity index (χ3v) is 5.82. The second kappa shape index (κ2) is 9.28. The number of benzene rings is 3. The van der Waals surface area contributed by atoms with Crippen molar-refractivity contribution in [2.45, 2.75) is 17.4 Å². The van der Waals surface area contributed by atoms with E-state index in [4.69, 9.17) is 4.42 Å². The third-order valence-electron chi connectivity index (χ3n) is 4.39. The number of nitrogens with one attached hydrogen (secondary N) is 1. The molecule has 1 aromatic heterocycles. The second-order valence-electron chi connectivity index (χ2n) is 6.54. The molecule has 0 aliphatic heterocycles. The van der Waals surface area contributed by atoms with Crippen LogP contribution in [0.2, 0.25) is 0 Å². The number of carbonyl (C=O) groups excluding carboxylic acids is 1. The van der Waals surface area contributed by atoms with Crippen LogP contribution >= 0.6 is 27.7 Å². The van der Waals surface area contributed by atoms with Crippen molar-refractivity contribution in [2.24, 2.45) is 0 Å². The molecule has 7 heteroatoms. The summed E-state index contributed by atoms with van der Waals surface area (Å²) in [5, 5.41) is 11.1. The van der Waals surface area contributed by atoms with Gasteiger partial charge in [0.15, 0.2) is 0 Å². The fourth-order valence-electron chi connectivity index (χ4n) is 2.90. The lowest BCUT2D eigenvalue weighted by molar-refractivity contribution is -0.115. The number of hydrogen-bond donors (Lipinski definition) is 1. The Kier molecular flexibility index (Phi) is 6.30. The van der Waals surface area contributed by atoms with E-state index >= 15 is 0 Å². The molecule has 3 aromatic carbocycles. The van der Waals surface area contributed by atoms with Crippen LogP contribution in [0.15, 0.2) is 93.0 Å². The van der Waals surface area contributed by atoms with Crippen molar-refractivity contribution in [3.63, 3.8) is 0 Å². The van der Waals surface area contributed by atoms with Gasteiger partial charge in [0.25, 0.3) is 5.22 Å². The Bertz CT molecular complexity index is 1160.